The SMILES string of the molecule is COc1ccccc1NC(=O)CNOCC(F)(F)F. The van der Waals surface area contributed by atoms with Crippen molar-refractivity contribution in [3.05, 3.63) is 24.3 Å². The first-order chi connectivity index (χ1) is 8.92. The van der Waals surface area contributed by atoms with Gasteiger partial charge in [0.25, 0.3) is 0 Å². The van der Waals surface area contributed by atoms with Crippen LogP contribution in [0.15, 0.2) is 24.3 Å². The fourth-order valence-corrected chi connectivity index (χ4v) is 1.19. The number of anilines is 1. The number of ether oxygens (including phenoxy) is 1. The Hall–Kier alpha value is -1.80. The molecule has 1 aromatic carbocycles. The highest BCUT2D eigenvalue weighted by Gasteiger charge is 2.27. The lowest BCUT2D eigenvalue weighted by Crippen LogP contribution is -2.31. The van der Waals surface area contributed by atoms with E-state index in [2.05, 4.69) is 10.2 Å². The fourth-order valence-electron chi connectivity index (χ4n) is 1.19. The van der Waals surface area contributed by atoms with Crippen LogP contribution in [0.4, 0.5) is 18.9 Å². The summed E-state index contributed by atoms with van der Waals surface area (Å²) in [6, 6.07) is 6.65. The molecule has 0 atom stereocenters. The normalized spacial score (nSPS) is 11.2. The molecular formula is C11H13F3N2O3. The van der Waals surface area contributed by atoms with Gasteiger partial charge in [0.05, 0.1) is 12.8 Å². The number of alkyl halides is 3. The maximum atomic E-state index is 11.7. The predicted molar refractivity (Wildman–Crippen MR) is 61.6 cm³/mol. The van der Waals surface area contributed by atoms with Gasteiger partial charge in [0.15, 0.2) is 6.61 Å². The lowest BCUT2D eigenvalue weighted by atomic mass is 10.3. The second kappa shape index (κ2) is 6.95. The van der Waals surface area contributed by atoms with Crippen molar-refractivity contribution in [3.8, 4) is 5.75 Å². The maximum absolute atomic E-state index is 11.7. The summed E-state index contributed by atoms with van der Waals surface area (Å²) in [7, 11) is 1.44. The van der Waals surface area contributed by atoms with Crippen LogP contribution in [-0.2, 0) is 9.63 Å². The number of nitrogens with one attached hydrogen (secondary N) is 2. The molecule has 0 heterocycles. The summed E-state index contributed by atoms with van der Waals surface area (Å²) in [4.78, 5) is 15.5. The van der Waals surface area contributed by atoms with Crippen LogP contribution in [0.1, 0.15) is 0 Å². The number of amides is 1. The summed E-state index contributed by atoms with van der Waals surface area (Å²) in [5.74, 6) is -0.0984. The van der Waals surface area contributed by atoms with Crippen molar-refractivity contribution in [1.82, 2.24) is 5.48 Å². The van der Waals surface area contributed by atoms with Crippen molar-refractivity contribution in [2.45, 2.75) is 6.18 Å². The number of methoxy groups -OCH3 is 1. The minimum Gasteiger partial charge on any atom is -0.495 e. The minimum atomic E-state index is -4.44. The molecule has 0 spiro atoms. The Bertz CT molecular complexity index is 424. The van der Waals surface area contributed by atoms with Gasteiger partial charge in [-0.15, -0.1) is 0 Å². The van der Waals surface area contributed by atoms with Crippen LogP contribution in [0, 0.1) is 0 Å². The maximum Gasteiger partial charge on any atom is 0.413 e. The third-order valence-corrected chi connectivity index (χ3v) is 1.95. The van der Waals surface area contributed by atoms with E-state index in [4.69, 9.17) is 4.74 Å². The third kappa shape index (κ3) is 6.07. The Morgan fingerprint density at radius 2 is 2.00 bits per heavy atom. The van der Waals surface area contributed by atoms with Crippen molar-refractivity contribution in [2.24, 2.45) is 0 Å². The van der Waals surface area contributed by atoms with E-state index in [1.165, 1.54) is 7.11 Å². The second-order valence-corrected chi connectivity index (χ2v) is 3.47. The Balaban J connectivity index is 2.35. The van der Waals surface area contributed by atoms with Crippen molar-refractivity contribution >= 4 is 11.6 Å². The molecule has 19 heavy (non-hydrogen) atoms. The van der Waals surface area contributed by atoms with E-state index in [0.717, 1.165) is 0 Å². The number of hydrogen-bond acceptors (Lipinski definition) is 4. The molecule has 0 saturated heterocycles. The van der Waals surface area contributed by atoms with E-state index in [0.29, 0.717) is 11.4 Å². The Labute approximate surface area is 107 Å². The molecule has 1 aromatic rings. The van der Waals surface area contributed by atoms with Gasteiger partial charge in [-0.05, 0) is 12.1 Å². The van der Waals surface area contributed by atoms with Gasteiger partial charge in [-0.3, -0.25) is 9.63 Å². The highest BCUT2D eigenvalue weighted by Crippen LogP contribution is 2.22. The molecule has 0 saturated carbocycles. The van der Waals surface area contributed by atoms with Crippen molar-refractivity contribution < 1.29 is 27.5 Å². The molecule has 0 radical (unpaired) electrons. The zero-order chi connectivity index (χ0) is 14.3. The highest BCUT2D eigenvalue weighted by molar-refractivity contribution is 5.93. The molecule has 1 rings (SSSR count). The third-order valence-electron chi connectivity index (χ3n) is 1.95. The molecule has 0 aliphatic carbocycles. The first kappa shape index (κ1) is 15.3. The number of benzene rings is 1. The molecule has 0 aliphatic heterocycles. The number of carbonyl (C=O) groups is 1. The Kier molecular flexibility index (Phi) is 5.58. The van der Waals surface area contributed by atoms with E-state index >= 15 is 0 Å². The molecular weight excluding hydrogens is 265 g/mol. The largest absolute Gasteiger partial charge is 0.495 e. The molecule has 0 bridgehead atoms. The number of hydroxylamine groups is 1. The van der Waals surface area contributed by atoms with Crippen LogP contribution in [0.3, 0.4) is 0 Å². The van der Waals surface area contributed by atoms with Gasteiger partial charge in [-0.1, -0.05) is 12.1 Å². The average Bonchev–Trinajstić information content (AvgIpc) is 2.34. The van der Waals surface area contributed by atoms with Gasteiger partial charge in [0.2, 0.25) is 5.91 Å². The van der Waals surface area contributed by atoms with Crippen molar-refractivity contribution in [1.29, 1.82) is 0 Å². The van der Waals surface area contributed by atoms with E-state index < -0.39 is 25.2 Å². The van der Waals surface area contributed by atoms with Gasteiger partial charge in [0, 0.05) is 0 Å². The molecule has 2 N–H and O–H groups in total. The first-order valence-corrected chi connectivity index (χ1v) is 5.26. The zero-order valence-electron chi connectivity index (χ0n) is 10.1. The van der Waals surface area contributed by atoms with Crippen LogP contribution >= 0.6 is 0 Å². The van der Waals surface area contributed by atoms with E-state index in [9.17, 15) is 18.0 Å². The summed E-state index contributed by atoms with van der Waals surface area (Å²) in [5, 5.41) is 2.47. The molecule has 0 aromatic heterocycles. The van der Waals surface area contributed by atoms with Gasteiger partial charge in [-0.2, -0.15) is 18.7 Å². The summed E-state index contributed by atoms with van der Waals surface area (Å²) >= 11 is 0. The summed E-state index contributed by atoms with van der Waals surface area (Å²) in [6.45, 7) is -1.87. The summed E-state index contributed by atoms with van der Waals surface area (Å²) in [5.41, 5.74) is 2.35. The number of rotatable bonds is 6. The fraction of sp³-hybridized carbons (Fsp3) is 0.364. The minimum absolute atomic E-state index is 0.409. The number of hydrogen-bond donors (Lipinski definition) is 2. The molecule has 1 amide bonds. The van der Waals surface area contributed by atoms with Gasteiger partial charge < -0.3 is 10.1 Å². The van der Waals surface area contributed by atoms with Crippen LogP contribution in [-0.4, -0.2) is 32.3 Å². The van der Waals surface area contributed by atoms with Crippen molar-refractivity contribution in [3.63, 3.8) is 0 Å². The number of carbonyl (C=O) groups excluding carboxylic acids is 1. The van der Waals surface area contributed by atoms with Crippen LogP contribution < -0.4 is 15.5 Å². The van der Waals surface area contributed by atoms with Crippen LogP contribution in [0.25, 0.3) is 0 Å². The van der Waals surface area contributed by atoms with E-state index in [-0.39, 0.29) is 0 Å². The lowest BCUT2D eigenvalue weighted by molar-refractivity contribution is -0.189. The van der Waals surface area contributed by atoms with E-state index in [1.54, 1.807) is 24.3 Å². The Morgan fingerprint density at radius 1 is 1.32 bits per heavy atom. The molecule has 5 nitrogen and oxygen atoms in total. The topological polar surface area (TPSA) is 59.6 Å². The molecule has 0 aliphatic rings. The monoisotopic (exact) mass is 278 g/mol. The molecule has 8 heteroatoms. The second-order valence-electron chi connectivity index (χ2n) is 3.47. The predicted octanol–water partition coefficient (Wildman–Crippen LogP) is 1.72. The molecule has 0 unspecified atom stereocenters. The average molecular weight is 278 g/mol. The van der Waals surface area contributed by atoms with Gasteiger partial charge >= 0.3 is 6.18 Å². The van der Waals surface area contributed by atoms with Gasteiger partial charge in [0.1, 0.15) is 12.3 Å². The summed E-state index contributed by atoms with van der Waals surface area (Å²) < 4.78 is 40.2. The van der Waals surface area contributed by atoms with Crippen molar-refractivity contribution in [2.75, 3.05) is 25.6 Å². The first-order valence-electron chi connectivity index (χ1n) is 5.26. The van der Waals surface area contributed by atoms with E-state index in [1.807, 2.05) is 5.48 Å². The van der Waals surface area contributed by atoms with Gasteiger partial charge in [-0.25, -0.2) is 0 Å². The number of para-hydroxylation sites is 2. The molecule has 106 valence electrons. The smallest absolute Gasteiger partial charge is 0.413 e. The molecule has 0 fully saturated rings. The number of halogens is 3. The highest BCUT2D eigenvalue weighted by atomic mass is 19.4. The van der Waals surface area contributed by atoms with Crippen LogP contribution in [0.5, 0.6) is 5.75 Å². The van der Waals surface area contributed by atoms with Crippen LogP contribution in [0.2, 0.25) is 0 Å². The zero-order valence-corrected chi connectivity index (χ0v) is 10.1. The lowest BCUT2D eigenvalue weighted by Gasteiger charge is -2.11. The standard InChI is InChI=1S/C11H13F3N2O3/c1-18-9-5-3-2-4-8(9)16-10(17)6-15-19-7-11(12,13)14/h2-5,15H,6-7H2,1H3,(H,16,17). The quantitative estimate of drug-likeness (QED) is 0.614. The Morgan fingerprint density at radius 3 is 2.63 bits per heavy atom. The summed E-state index contributed by atoms with van der Waals surface area (Å²) in [6.07, 6.45) is -4.44.